The van der Waals surface area contributed by atoms with E-state index in [0.29, 0.717) is 12.4 Å². The van der Waals surface area contributed by atoms with E-state index in [1.54, 1.807) is 6.92 Å². The maximum Gasteiger partial charge on any atom is 0.161 e. The number of likely N-dealkylation sites (tertiary alicyclic amines) is 1. The number of benzene rings is 1. The van der Waals surface area contributed by atoms with Crippen LogP contribution in [-0.2, 0) is 4.79 Å². The van der Waals surface area contributed by atoms with Gasteiger partial charge < -0.3 is 9.47 Å². The Morgan fingerprint density at radius 1 is 1.29 bits per heavy atom. The maximum absolute atomic E-state index is 11.7. The summed E-state index contributed by atoms with van der Waals surface area (Å²) in [6, 6.07) is 7.80. The van der Waals surface area contributed by atoms with E-state index in [-0.39, 0.29) is 11.5 Å². The minimum atomic E-state index is -0.132. The normalized spacial score (nSPS) is 24.6. The van der Waals surface area contributed by atoms with Gasteiger partial charge in [-0.1, -0.05) is 19.1 Å². The van der Waals surface area contributed by atoms with Gasteiger partial charge in [-0.3, -0.25) is 9.69 Å². The van der Waals surface area contributed by atoms with Gasteiger partial charge in [0, 0.05) is 12.0 Å². The van der Waals surface area contributed by atoms with Crippen LogP contribution in [0.25, 0.3) is 0 Å². The third-order valence-corrected chi connectivity index (χ3v) is 4.84. The van der Waals surface area contributed by atoms with E-state index in [4.69, 9.17) is 9.47 Å². The molecule has 1 aromatic rings. The Morgan fingerprint density at radius 3 is 2.62 bits per heavy atom. The summed E-state index contributed by atoms with van der Waals surface area (Å²) >= 11 is 0. The number of Topliss-reactive ketones (excluding diaryl/α,β-unsaturated/α-hetero) is 1. The Kier molecular flexibility index (Phi) is 3.89. The van der Waals surface area contributed by atoms with Crippen LogP contribution < -0.4 is 9.47 Å². The van der Waals surface area contributed by atoms with Crippen molar-refractivity contribution in [3.05, 3.63) is 24.3 Å². The van der Waals surface area contributed by atoms with Crippen molar-refractivity contribution < 1.29 is 14.3 Å². The van der Waals surface area contributed by atoms with E-state index >= 15 is 0 Å². The van der Waals surface area contributed by atoms with Crippen molar-refractivity contribution in [2.75, 3.05) is 26.2 Å². The molecule has 2 aliphatic heterocycles. The van der Waals surface area contributed by atoms with Crippen molar-refractivity contribution in [1.82, 2.24) is 4.90 Å². The first-order valence-electron chi connectivity index (χ1n) is 7.69. The van der Waals surface area contributed by atoms with Crippen molar-refractivity contribution in [2.45, 2.75) is 32.8 Å². The van der Waals surface area contributed by atoms with E-state index in [2.05, 4.69) is 11.8 Å². The lowest BCUT2D eigenvalue weighted by molar-refractivity contribution is -0.128. The van der Waals surface area contributed by atoms with Gasteiger partial charge in [0.15, 0.2) is 11.5 Å². The molecular formula is C17H23NO3. The summed E-state index contributed by atoms with van der Waals surface area (Å²) in [5.74, 6) is 1.98. The Morgan fingerprint density at radius 2 is 1.95 bits per heavy atom. The Labute approximate surface area is 126 Å². The topological polar surface area (TPSA) is 38.8 Å². The second-order valence-electron chi connectivity index (χ2n) is 6.42. The standard InChI is InChI=1S/C17H23NO3/c1-13(19)17(2)7-9-18(10-8-17)11-14-12-20-15-5-3-4-6-16(15)21-14/h3-6,14H,7-12H2,1-2H3. The third kappa shape index (κ3) is 3.05. The number of para-hydroxylation sites is 2. The predicted octanol–water partition coefficient (Wildman–Crippen LogP) is 2.52. The molecule has 0 aliphatic carbocycles. The number of hydrogen-bond donors (Lipinski definition) is 0. The third-order valence-electron chi connectivity index (χ3n) is 4.84. The van der Waals surface area contributed by atoms with Crippen molar-refractivity contribution in [1.29, 1.82) is 0 Å². The predicted molar refractivity (Wildman–Crippen MR) is 80.8 cm³/mol. The lowest BCUT2D eigenvalue weighted by Gasteiger charge is -2.39. The molecule has 1 aromatic carbocycles. The quantitative estimate of drug-likeness (QED) is 0.857. The van der Waals surface area contributed by atoms with Crippen LogP contribution in [0, 0.1) is 5.41 Å². The highest BCUT2D eigenvalue weighted by atomic mass is 16.6. The number of ether oxygens (including phenoxy) is 2. The van der Waals surface area contributed by atoms with Gasteiger partial charge in [-0.05, 0) is 45.0 Å². The molecule has 0 aromatic heterocycles. The summed E-state index contributed by atoms with van der Waals surface area (Å²) in [6.45, 7) is 7.17. The highest BCUT2D eigenvalue weighted by Crippen LogP contribution is 2.33. The van der Waals surface area contributed by atoms with E-state index in [1.165, 1.54) is 0 Å². The molecule has 0 spiro atoms. The molecule has 0 saturated carbocycles. The van der Waals surface area contributed by atoms with Crippen LogP contribution >= 0.6 is 0 Å². The molecule has 21 heavy (non-hydrogen) atoms. The highest BCUT2D eigenvalue weighted by molar-refractivity contribution is 5.82. The van der Waals surface area contributed by atoms with Gasteiger partial charge in [0.2, 0.25) is 0 Å². The molecule has 1 unspecified atom stereocenters. The highest BCUT2D eigenvalue weighted by Gasteiger charge is 2.35. The van der Waals surface area contributed by atoms with Crippen LogP contribution in [-0.4, -0.2) is 43.0 Å². The first-order chi connectivity index (χ1) is 10.1. The van der Waals surface area contributed by atoms with Crippen LogP contribution in [0.5, 0.6) is 11.5 Å². The van der Waals surface area contributed by atoms with Crippen LogP contribution in [0.4, 0.5) is 0 Å². The molecule has 3 rings (SSSR count). The maximum atomic E-state index is 11.7. The largest absolute Gasteiger partial charge is 0.486 e. The van der Waals surface area contributed by atoms with E-state index in [0.717, 1.165) is 44.0 Å². The van der Waals surface area contributed by atoms with Gasteiger partial charge in [-0.15, -0.1) is 0 Å². The smallest absolute Gasteiger partial charge is 0.161 e. The van der Waals surface area contributed by atoms with Crippen molar-refractivity contribution in [2.24, 2.45) is 5.41 Å². The number of piperidine rings is 1. The number of rotatable bonds is 3. The van der Waals surface area contributed by atoms with Gasteiger partial charge >= 0.3 is 0 Å². The molecule has 0 amide bonds. The Hall–Kier alpha value is -1.55. The van der Waals surface area contributed by atoms with Crippen LogP contribution in [0.15, 0.2) is 24.3 Å². The van der Waals surface area contributed by atoms with Crippen molar-refractivity contribution in [3.8, 4) is 11.5 Å². The average molecular weight is 289 g/mol. The zero-order valence-corrected chi connectivity index (χ0v) is 12.8. The zero-order chi connectivity index (χ0) is 14.9. The number of nitrogens with zero attached hydrogens (tertiary/aromatic N) is 1. The van der Waals surface area contributed by atoms with Crippen LogP contribution in [0.2, 0.25) is 0 Å². The molecule has 2 heterocycles. The molecule has 114 valence electrons. The number of carbonyl (C=O) groups excluding carboxylic acids is 1. The number of carbonyl (C=O) groups is 1. The molecule has 2 aliphatic rings. The van der Waals surface area contributed by atoms with Crippen molar-refractivity contribution >= 4 is 5.78 Å². The van der Waals surface area contributed by atoms with Gasteiger partial charge in [0.1, 0.15) is 18.5 Å². The van der Waals surface area contributed by atoms with Crippen LogP contribution in [0.1, 0.15) is 26.7 Å². The van der Waals surface area contributed by atoms with E-state index < -0.39 is 0 Å². The van der Waals surface area contributed by atoms with Crippen molar-refractivity contribution in [3.63, 3.8) is 0 Å². The molecule has 0 radical (unpaired) electrons. The fourth-order valence-corrected chi connectivity index (χ4v) is 3.02. The minimum Gasteiger partial charge on any atom is -0.486 e. The number of fused-ring (bicyclic) bond motifs is 1. The first kappa shape index (κ1) is 14.4. The summed E-state index contributed by atoms with van der Waals surface area (Å²) in [5.41, 5.74) is -0.132. The minimum absolute atomic E-state index is 0.0709. The summed E-state index contributed by atoms with van der Waals surface area (Å²) in [7, 11) is 0. The van der Waals surface area contributed by atoms with Gasteiger partial charge in [0.25, 0.3) is 0 Å². The Balaban J connectivity index is 1.54. The number of ketones is 1. The second kappa shape index (κ2) is 5.68. The summed E-state index contributed by atoms with van der Waals surface area (Å²) in [5, 5.41) is 0. The fraction of sp³-hybridized carbons (Fsp3) is 0.588. The molecule has 1 atom stereocenters. The van der Waals surface area contributed by atoms with Gasteiger partial charge in [-0.2, -0.15) is 0 Å². The summed E-state index contributed by atoms with van der Waals surface area (Å²) in [4.78, 5) is 14.1. The zero-order valence-electron chi connectivity index (χ0n) is 12.8. The van der Waals surface area contributed by atoms with E-state index in [1.807, 2.05) is 24.3 Å². The molecule has 1 fully saturated rings. The van der Waals surface area contributed by atoms with E-state index in [9.17, 15) is 4.79 Å². The number of hydrogen-bond acceptors (Lipinski definition) is 4. The lowest BCUT2D eigenvalue weighted by atomic mass is 9.77. The molecule has 0 bridgehead atoms. The molecule has 1 saturated heterocycles. The molecule has 4 heteroatoms. The molecular weight excluding hydrogens is 266 g/mol. The average Bonchev–Trinajstić information content (AvgIpc) is 2.49. The van der Waals surface area contributed by atoms with Gasteiger partial charge in [0.05, 0.1) is 0 Å². The molecule has 0 N–H and O–H groups in total. The monoisotopic (exact) mass is 289 g/mol. The fourth-order valence-electron chi connectivity index (χ4n) is 3.02. The second-order valence-corrected chi connectivity index (χ2v) is 6.42. The Bertz CT molecular complexity index is 521. The van der Waals surface area contributed by atoms with Gasteiger partial charge in [-0.25, -0.2) is 0 Å². The van der Waals surface area contributed by atoms with Crippen LogP contribution in [0.3, 0.4) is 0 Å². The first-order valence-corrected chi connectivity index (χ1v) is 7.69. The summed E-state index contributed by atoms with van der Waals surface area (Å²) in [6.07, 6.45) is 1.94. The lowest BCUT2D eigenvalue weighted by Crippen LogP contribution is -2.47. The molecule has 4 nitrogen and oxygen atoms in total. The SMILES string of the molecule is CC(=O)C1(C)CCN(CC2COc3ccccc3O2)CC1. The summed E-state index contributed by atoms with van der Waals surface area (Å²) < 4.78 is 11.8.